The average molecular weight is 386 g/mol. The molecule has 2 aromatic heterocycles. The number of benzene rings is 4. The highest BCUT2D eigenvalue weighted by Gasteiger charge is 2.18. The number of fused-ring (bicyclic) bond motifs is 2. The van der Waals surface area contributed by atoms with Crippen LogP contribution < -0.4 is 0 Å². The van der Waals surface area contributed by atoms with Crippen LogP contribution in [0, 0.1) is 0 Å². The summed E-state index contributed by atoms with van der Waals surface area (Å²) in [7, 11) is 0. The number of aromatic nitrogens is 4. The molecule has 142 valence electrons. The van der Waals surface area contributed by atoms with Crippen molar-refractivity contribution in [1.29, 1.82) is 0 Å². The molecule has 0 aliphatic heterocycles. The van der Waals surface area contributed by atoms with Gasteiger partial charge < -0.3 is 9.13 Å². The molecular weight excluding hydrogens is 368 g/mol. The lowest BCUT2D eigenvalue weighted by Gasteiger charge is -2.20. The van der Waals surface area contributed by atoms with E-state index in [1.165, 1.54) is 32.7 Å². The predicted molar refractivity (Wildman–Crippen MR) is 121 cm³/mol. The Morgan fingerprint density at radius 2 is 0.967 bits per heavy atom. The molecule has 4 nitrogen and oxygen atoms in total. The lowest BCUT2D eigenvalue weighted by atomic mass is 9.91. The molecule has 0 amide bonds. The molecule has 0 aliphatic rings. The molecule has 0 saturated carbocycles. The Morgan fingerprint density at radius 3 is 1.40 bits per heavy atom. The van der Waals surface area contributed by atoms with Crippen molar-refractivity contribution in [3.05, 3.63) is 110 Å². The standard InChI is InChI=1S/C26H18N4/c1-3-7-21-19(5-1)9-11-23(29-15-13-27-17-29)25(21)26-22-8-4-2-6-20(22)10-12-24(26)30-16-14-28-18-30/h1-18H. The Hall–Kier alpha value is -4.18. The molecule has 0 bridgehead atoms. The molecule has 0 N–H and O–H groups in total. The first-order chi connectivity index (χ1) is 14.9. The van der Waals surface area contributed by atoms with Crippen LogP contribution in [0.5, 0.6) is 0 Å². The van der Waals surface area contributed by atoms with Crippen molar-refractivity contribution in [3.63, 3.8) is 0 Å². The summed E-state index contributed by atoms with van der Waals surface area (Å²) in [6.07, 6.45) is 11.3. The highest BCUT2D eigenvalue weighted by molar-refractivity contribution is 6.11. The summed E-state index contributed by atoms with van der Waals surface area (Å²) in [6.45, 7) is 0. The number of imidazole rings is 2. The fraction of sp³-hybridized carbons (Fsp3) is 0. The highest BCUT2D eigenvalue weighted by atomic mass is 15.0. The summed E-state index contributed by atoms with van der Waals surface area (Å²) < 4.78 is 4.17. The molecule has 6 rings (SSSR count). The molecule has 0 fully saturated rings. The molecule has 0 aliphatic carbocycles. The molecule has 0 spiro atoms. The van der Waals surface area contributed by atoms with E-state index in [0.717, 1.165) is 11.4 Å². The third-order valence-electron chi connectivity index (χ3n) is 5.63. The van der Waals surface area contributed by atoms with Gasteiger partial charge in [-0.05, 0) is 33.7 Å². The minimum absolute atomic E-state index is 1.10. The quantitative estimate of drug-likeness (QED) is 0.372. The minimum atomic E-state index is 1.10. The van der Waals surface area contributed by atoms with Crippen LogP contribution in [0.15, 0.2) is 110 Å². The van der Waals surface area contributed by atoms with Crippen molar-refractivity contribution in [1.82, 2.24) is 19.1 Å². The van der Waals surface area contributed by atoms with Crippen LogP contribution in [0.1, 0.15) is 0 Å². The van der Waals surface area contributed by atoms with Gasteiger partial charge in [-0.1, -0.05) is 60.7 Å². The van der Waals surface area contributed by atoms with Gasteiger partial charge in [-0.2, -0.15) is 0 Å². The van der Waals surface area contributed by atoms with Crippen molar-refractivity contribution >= 4 is 21.5 Å². The number of nitrogens with zero attached hydrogens (tertiary/aromatic N) is 4. The largest absolute Gasteiger partial charge is 0.306 e. The van der Waals surface area contributed by atoms with Gasteiger partial charge in [-0.3, -0.25) is 0 Å². The number of rotatable bonds is 3. The monoisotopic (exact) mass is 386 g/mol. The second kappa shape index (κ2) is 6.71. The van der Waals surface area contributed by atoms with E-state index < -0.39 is 0 Å². The van der Waals surface area contributed by atoms with E-state index in [1.807, 2.05) is 37.4 Å². The van der Waals surface area contributed by atoms with E-state index in [2.05, 4.69) is 91.9 Å². The smallest absolute Gasteiger partial charge is 0.0991 e. The van der Waals surface area contributed by atoms with E-state index in [-0.39, 0.29) is 0 Å². The normalized spacial score (nSPS) is 11.3. The van der Waals surface area contributed by atoms with Gasteiger partial charge in [-0.25, -0.2) is 9.97 Å². The first-order valence-corrected chi connectivity index (χ1v) is 9.91. The molecule has 2 heterocycles. The Balaban J connectivity index is 1.83. The zero-order valence-corrected chi connectivity index (χ0v) is 16.2. The molecule has 30 heavy (non-hydrogen) atoms. The zero-order valence-electron chi connectivity index (χ0n) is 16.2. The Kier molecular flexibility index (Phi) is 3.74. The molecule has 0 unspecified atom stereocenters. The topological polar surface area (TPSA) is 35.6 Å². The Labute approximate surface area is 173 Å². The predicted octanol–water partition coefficient (Wildman–Crippen LogP) is 6.03. The zero-order chi connectivity index (χ0) is 19.9. The van der Waals surface area contributed by atoms with Gasteiger partial charge in [0.15, 0.2) is 0 Å². The van der Waals surface area contributed by atoms with Crippen LogP contribution in [0.2, 0.25) is 0 Å². The summed E-state index contributed by atoms with van der Waals surface area (Å²) >= 11 is 0. The second-order valence-corrected chi connectivity index (χ2v) is 7.30. The Bertz CT molecular complexity index is 1360. The Morgan fingerprint density at radius 1 is 0.500 bits per heavy atom. The van der Waals surface area contributed by atoms with E-state index in [0.29, 0.717) is 0 Å². The molecule has 4 aromatic carbocycles. The fourth-order valence-electron chi connectivity index (χ4n) is 4.28. The first kappa shape index (κ1) is 16.7. The second-order valence-electron chi connectivity index (χ2n) is 7.30. The van der Waals surface area contributed by atoms with Gasteiger partial charge in [0.25, 0.3) is 0 Å². The highest BCUT2D eigenvalue weighted by Crippen LogP contribution is 2.41. The summed E-state index contributed by atoms with van der Waals surface area (Å²) in [5.74, 6) is 0. The number of hydrogen-bond donors (Lipinski definition) is 0. The van der Waals surface area contributed by atoms with Crippen LogP contribution in [-0.4, -0.2) is 19.1 Å². The third-order valence-corrected chi connectivity index (χ3v) is 5.63. The van der Waals surface area contributed by atoms with Crippen LogP contribution >= 0.6 is 0 Å². The van der Waals surface area contributed by atoms with Crippen LogP contribution in [0.4, 0.5) is 0 Å². The molecule has 6 aromatic rings. The maximum atomic E-state index is 4.30. The maximum Gasteiger partial charge on any atom is 0.0991 e. The van der Waals surface area contributed by atoms with Gasteiger partial charge >= 0.3 is 0 Å². The fourth-order valence-corrected chi connectivity index (χ4v) is 4.28. The molecule has 0 saturated heterocycles. The van der Waals surface area contributed by atoms with Gasteiger partial charge in [0, 0.05) is 35.9 Å². The van der Waals surface area contributed by atoms with E-state index >= 15 is 0 Å². The van der Waals surface area contributed by atoms with E-state index in [1.54, 1.807) is 0 Å². The van der Waals surface area contributed by atoms with Gasteiger partial charge in [-0.15, -0.1) is 0 Å². The van der Waals surface area contributed by atoms with Gasteiger partial charge in [0.2, 0.25) is 0 Å². The van der Waals surface area contributed by atoms with Crippen LogP contribution in [0.3, 0.4) is 0 Å². The summed E-state index contributed by atoms with van der Waals surface area (Å²) in [4.78, 5) is 8.59. The number of hydrogen-bond acceptors (Lipinski definition) is 2. The average Bonchev–Trinajstić information content (AvgIpc) is 3.52. The summed E-state index contributed by atoms with van der Waals surface area (Å²) in [6, 6.07) is 25.8. The van der Waals surface area contributed by atoms with Gasteiger partial charge in [0.1, 0.15) is 0 Å². The van der Waals surface area contributed by atoms with Crippen molar-refractivity contribution < 1.29 is 0 Å². The van der Waals surface area contributed by atoms with Crippen molar-refractivity contribution in [2.45, 2.75) is 0 Å². The SMILES string of the molecule is c1ccc2c(-c3c(-n4ccnc4)ccc4ccccc34)c(-n3ccnc3)ccc2c1. The minimum Gasteiger partial charge on any atom is -0.306 e. The van der Waals surface area contributed by atoms with E-state index in [4.69, 9.17) is 0 Å². The van der Waals surface area contributed by atoms with Crippen molar-refractivity contribution in [2.75, 3.05) is 0 Å². The summed E-state index contributed by atoms with van der Waals surface area (Å²) in [5, 5.41) is 4.84. The molecule has 0 atom stereocenters. The molecule has 0 radical (unpaired) electrons. The van der Waals surface area contributed by atoms with Gasteiger partial charge in [0.05, 0.1) is 24.0 Å². The third kappa shape index (κ3) is 2.54. The lowest BCUT2D eigenvalue weighted by molar-refractivity contribution is 1.05. The van der Waals surface area contributed by atoms with Crippen molar-refractivity contribution in [3.8, 4) is 22.5 Å². The molecular formula is C26H18N4. The van der Waals surface area contributed by atoms with Crippen LogP contribution in [0.25, 0.3) is 44.0 Å². The maximum absolute atomic E-state index is 4.30. The molecule has 4 heteroatoms. The van der Waals surface area contributed by atoms with Crippen LogP contribution in [-0.2, 0) is 0 Å². The first-order valence-electron chi connectivity index (χ1n) is 9.91. The summed E-state index contributed by atoms with van der Waals surface area (Å²) in [5.41, 5.74) is 4.58. The van der Waals surface area contributed by atoms with E-state index in [9.17, 15) is 0 Å². The van der Waals surface area contributed by atoms with Crippen molar-refractivity contribution in [2.24, 2.45) is 0 Å². The lowest BCUT2D eigenvalue weighted by Crippen LogP contribution is -2.00.